The number of hydrogen-bond donors (Lipinski definition) is 3. The van der Waals surface area contributed by atoms with E-state index >= 15 is 0 Å². The van der Waals surface area contributed by atoms with Gasteiger partial charge >= 0.3 is 0 Å². The summed E-state index contributed by atoms with van der Waals surface area (Å²) in [5.74, 6) is -0.517. The van der Waals surface area contributed by atoms with Gasteiger partial charge in [-0.3, -0.25) is 4.72 Å². The number of para-hydroxylation sites is 1. The highest BCUT2D eigenvalue weighted by atomic mass is 32.2. The minimum Gasteiger partial charge on any atom is -0.506 e. The third-order valence-corrected chi connectivity index (χ3v) is 3.13. The molecule has 0 saturated heterocycles. The smallest absolute Gasteiger partial charge is 0.240 e. The van der Waals surface area contributed by atoms with Crippen molar-refractivity contribution in [1.82, 2.24) is 0 Å². The maximum absolute atomic E-state index is 11.1. The molecule has 4 N–H and O–H groups in total. The third kappa shape index (κ3) is 3.08. The van der Waals surface area contributed by atoms with E-state index in [4.69, 9.17) is 5.14 Å². The predicted molar refractivity (Wildman–Crippen MR) is 57.9 cm³/mol. The Morgan fingerprint density at radius 2 is 1.81 bits per heavy atom. The lowest BCUT2D eigenvalue weighted by atomic mass is 10.3. The monoisotopic (exact) mass is 266 g/mol. The highest BCUT2D eigenvalue weighted by Gasteiger charge is 2.19. The van der Waals surface area contributed by atoms with E-state index < -0.39 is 36.4 Å². The molecule has 0 unspecified atom stereocenters. The van der Waals surface area contributed by atoms with Gasteiger partial charge in [-0.2, -0.15) is 0 Å². The fourth-order valence-electron chi connectivity index (χ4n) is 1.04. The standard InChI is InChI=1S/C7H10N2O5S2/c1-15(11,12)9-7-5(10)3-2-4-6(7)16(8,13)14/h2-4,9-10H,1H3,(H2,8,13,14). The number of phenolic OH excluding ortho intramolecular Hbond substituents is 1. The third-order valence-electron chi connectivity index (χ3n) is 1.60. The van der Waals surface area contributed by atoms with Crippen molar-refractivity contribution in [3.05, 3.63) is 18.2 Å². The van der Waals surface area contributed by atoms with Crippen molar-refractivity contribution in [2.75, 3.05) is 11.0 Å². The molecule has 0 aromatic heterocycles. The molecule has 0 saturated carbocycles. The molecule has 90 valence electrons. The molecule has 0 amide bonds. The number of hydrogen-bond acceptors (Lipinski definition) is 5. The van der Waals surface area contributed by atoms with Gasteiger partial charge in [0, 0.05) is 0 Å². The first-order valence-corrected chi connectivity index (χ1v) is 7.37. The zero-order valence-corrected chi connectivity index (χ0v) is 9.84. The van der Waals surface area contributed by atoms with E-state index in [0.717, 1.165) is 18.4 Å². The van der Waals surface area contributed by atoms with Gasteiger partial charge in [0.15, 0.2) is 0 Å². The van der Waals surface area contributed by atoms with Crippen LogP contribution in [0.4, 0.5) is 5.69 Å². The lowest BCUT2D eigenvalue weighted by molar-refractivity contribution is 0.476. The van der Waals surface area contributed by atoms with Crippen molar-refractivity contribution < 1.29 is 21.9 Å². The van der Waals surface area contributed by atoms with Crippen LogP contribution in [-0.4, -0.2) is 28.2 Å². The number of primary sulfonamides is 1. The molecule has 1 aromatic carbocycles. The number of sulfonamides is 2. The lowest BCUT2D eigenvalue weighted by Crippen LogP contribution is -2.17. The highest BCUT2D eigenvalue weighted by Crippen LogP contribution is 2.30. The Balaban J connectivity index is 3.48. The summed E-state index contributed by atoms with van der Waals surface area (Å²) in [6, 6.07) is 3.47. The summed E-state index contributed by atoms with van der Waals surface area (Å²) in [4.78, 5) is -0.488. The summed E-state index contributed by atoms with van der Waals surface area (Å²) in [5, 5.41) is 14.2. The van der Waals surface area contributed by atoms with Gasteiger partial charge in [0.05, 0.1) is 6.26 Å². The number of anilines is 1. The molecule has 0 heterocycles. The second-order valence-electron chi connectivity index (χ2n) is 3.07. The van der Waals surface area contributed by atoms with Gasteiger partial charge in [0.1, 0.15) is 16.3 Å². The van der Waals surface area contributed by atoms with Crippen LogP contribution in [0.5, 0.6) is 5.75 Å². The fraction of sp³-hybridized carbons (Fsp3) is 0.143. The summed E-state index contributed by atoms with van der Waals surface area (Å²) in [6.07, 6.45) is 0.826. The Morgan fingerprint density at radius 1 is 1.25 bits per heavy atom. The van der Waals surface area contributed by atoms with Crippen LogP contribution in [0.2, 0.25) is 0 Å². The normalized spacial score (nSPS) is 12.4. The van der Waals surface area contributed by atoms with Crippen LogP contribution in [0, 0.1) is 0 Å². The van der Waals surface area contributed by atoms with Crippen LogP contribution < -0.4 is 9.86 Å². The number of phenols is 1. The maximum atomic E-state index is 11.1. The molecule has 0 radical (unpaired) electrons. The molecule has 1 aromatic rings. The molecule has 0 aliphatic heterocycles. The average Bonchev–Trinajstić information content (AvgIpc) is 2.04. The van der Waals surface area contributed by atoms with E-state index in [2.05, 4.69) is 0 Å². The molecule has 9 heteroatoms. The number of rotatable bonds is 3. The van der Waals surface area contributed by atoms with Crippen molar-refractivity contribution >= 4 is 25.7 Å². The first kappa shape index (κ1) is 12.7. The first-order valence-electron chi connectivity index (χ1n) is 3.94. The first-order chi connectivity index (χ1) is 7.11. The summed E-state index contributed by atoms with van der Waals surface area (Å²) in [6.45, 7) is 0. The zero-order chi connectivity index (χ0) is 12.6. The minimum absolute atomic E-state index is 0.451. The van der Waals surface area contributed by atoms with Crippen LogP contribution in [0.25, 0.3) is 0 Å². The van der Waals surface area contributed by atoms with Gasteiger partial charge in [0.25, 0.3) is 0 Å². The van der Waals surface area contributed by atoms with E-state index in [1.54, 1.807) is 0 Å². The topological polar surface area (TPSA) is 127 Å². The minimum atomic E-state index is -4.12. The molecule has 7 nitrogen and oxygen atoms in total. The van der Waals surface area contributed by atoms with E-state index in [1.807, 2.05) is 4.72 Å². The van der Waals surface area contributed by atoms with Crippen LogP contribution >= 0.6 is 0 Å². The van der Waals surface area contributed by atoms with Crippen LogP contribution in [0.1, 0.15) is 0 Å². The van der Waals surface area contributed by atoms with Crippen molar-refractivity contribution in [3.63, 3.8) is 0 Å². The number of nitrogens with two attached hydrogens (primary N) is 1. The Labute approximate surface area is 93.0 Å². The Morgan fingerprint density at radius 3 is 2.25 bits per heavy atom. The number of nitrogens with one attached hydrogen (secondary N) is 1. The molecule has 0 atom stereocenters. The fourth-order valence-corrected chi connectivity index (χ4v) is 2.40. The van der Waals surface area contributed by atoms with Crippen LogP contribution in [0.15, 0.2) is 23.1 Å². The molecule has 1 rings (SSSR count). The molecular formula is C7H10N2O5S2. The second-order valence-corrected chi connectivity index (χ2v) is 6.35. The predicted octanol–water partition coefficient (Wildman–Crippen LogP) is -0.589. The number of aromatic hydroxyl groups is 1. The summed E-state index contributed by atoms with van der Waals surface area (Å²) in [5.41, 5.74) is -0.451. The van der Waals surface area contributed by atoms with Gasteiger partial charge < -0.3 is 5.11 Å². The molecular weight excluding hydrogens is 256 g/mol. The molecule has 0 bridgehead atoms. The second kappa shape index (κ2) is 3.92. The highest BCUT2D eigenvalue weighted by molar-refractivity contribution is 7.92. The van der Waals surface area contributed by atoms with Crippen LogP contribution in [0.3, 0.4) is 0 Å². The molecule has 16 heavy (non-hydrogen) atoms. The van der Waals surface area contributed by atoms with E-state index in [1.165, 1.54) is 6.07 Å². The van der Waals surface area contributed by atoms with Crippen molar-refractivity contribution in [1.29, 1.82) is 0 Å². The summed E-state index contributed by atoms with van der Waals surface area (Å²) < 4.78 is 46.1. The Kier molecular flexibility index (Phi) is 3.13. The SMILES string of the molecule is CS(=O)(=O)Nc1c(O)cccc1S(N)(=O)=O. The largest absolute Gasteiger partial charge is 0.506 e. The van der Waals surface area contributed by atoms with E-state index in [-0.39, 0.29) is 0 Å². The van der Waals surface area contributed by atoms with Gasteiger partial charge in [-0.15, -0.1) is 0 Å². The van der Waals surface area contributed by atoms with Gasteiger partial charge in [-0.05, 0) is 12.1 Å². The number of benzene rings is 1. The zero-order valence-electron chi connectivity index (χ0n) is 8.21. The summed E-state index contributed by atoms with van der Waals surface area (Å²) >= 11 is 0. The van der Waals surface area contributed by atoms with Gasteiger partial charge in [-0.1, -0.05) is 6.07 Å². The Bertz CT molecular complexity index is 606. The molecule has 0 fully saturated rings. The van der Waals surface area contributed by atoms with Crippen molar-refractivity contribution in [2.24, 2.45) is 5.14 Å². The molecule has 0 aliphatic rings. The lowest BCUT2D eigenvalue weighted by Gasteiger charge is -2.10. The maximum Gasteiger partial charge on any atom is 0.240 e. The Hall–Kier alpha value is -1.32. The van der Waals surface area contributed by atoms with E-state index in [0.29, 0.717) is 0 Å². The van der Waals surface area contributed by atoms with Crippen molar-refractivity contribution in [3.8, 4) is 5.75 Å². The molecule has 0 spiro atoms. The van der Waals surface area contributed by atoms with Gasteiger partial charge in [-0.25, -0.2) is 22.0 Å². The molecule has 0 aliphatic carbocycles. The van der Waals surface area contributed by atoms with Gasteiger partial charge in [0.2, 0.25) is 20.0 Å². The summed E-state index contributed by atoms with van der Waals surface area (Å²) in [7, 11) is -7.83. The average molecular weight is 266 g/mol. The van der Waals surface area contributed by atoms with Crippen LogP contribution in [-0.2, 0) is 20.0 Å². The van der Waals surface area contributed by atoms with Crippen molar-refractivity contribution in [2.45, 2.75) is 4.90 Å². The quantitative estimate of drug-likeness (QED) is 0.630. The van der Waals surface area contributed by atoms with E-state index in [9.17, 15) is 21.9 Å².